The first kappa shape index (κ1) is 32.5. The molecule has 0 bridgehead atoms. The third-order valence-corrected chi connectivity index (χ3v) is 3.85. The summed E-state index contributed by atoms with van der Waals surface area (Å²) < 4.78 is 17.5. The van der Waals surface area contributed by atoms with Gasteiger partial charge in [-0.05, 0) is 36.4 Å². The van der Waals surface area contributed by atoms with E-state index in [9.17, 15) is 0 Å². The zero-order valence-corrected chi connectivity index (χ0v) is 19.3. The minimum absolute atomic E-state index is 0. The summed E-state index contributed by atoms with van der Waals surface area (Å²) >= 11 is 0. The summed E-state index contributed by atoms with van der Waals surface area (Å²) in [6.45, 7) is 8.00. The molecule has 0 unspecified atom stereocenters. The average molecular weight is 531 g/mol. The fraction of sp³-hybridized carbons (Fsp3) is 0. The van der Waals surface area contributed by atoms with Crippen LogP contribution in [0.5, 0.6) is 17.2 Å². The van der Waals surface area contributed by atoms with Gasteiger partial charge in [0.1, 0.15) is 44.4 Å². The van der Waals surface area contributed by atoms with Crippen LogP contribution < -0.4 is 13.6 Å². The first-order chi connectivity index (χ1) is 14.9. The van der Waals surface area contributed by atoms with Gasteiger partial charge in [-0.2, -0.15) is 0 Å². The van der Waals surface area contributed by atoms with Gasteiger partial charge in [-0.25, -0.2) is 0 Å². The Bertz CT molecular complexity index is 645. The second-order valence-electron chi connectivity index (χ2n) is 4.44. The quantitative estimate of drug-likeness (QED) is 0.336. The second-order valence-corrected chi connectivity index (χ2v) is 5.43. The molecule has 0 saturated heterocycles. The van der Waals surface area contributed by atoms with Crippen molar-refractivity contribution in [1.29, 1.82) is 0 Å². The molecule has 0 spiro atoms. The Morgan fingerprint density at radius 1 is 0.419 bits per heavy atom. The van der Waals surface area contributed by atoms with Gasteiger partial charge in [0.2, 0.25) is 0 Å². The Labute approximate surface area is 196 Å². The third-order valence-electron chi connectivity index (χ3n) is 2.77. The van der Waals surface area contributed by atoms with Crippen LogP contribution in [0.15, 0.2) is 91.0 Å². The van der Waals surface area contributed by atoms with Crippen molar-refractivity contribution >= 4 is 35.8 Å². The summed E-state index contributed by atoms with van der Waals surface area (Å²) in [5.41, 5.74) is 0. The molecule has 0 aliphatic carbocycles. The molecule has 3 aromatic carbocycles. The number of carbonyl (C=O) groups is 4. The van der Waals surface area contributed by atoms with Gasteiger partial charge in [0.05, 0.1) is 0 Å². The van der Waals surface area contributed by atoms with Crippen LogP contribution in [0.4, 0.5) is 0 Å². The van der Waals surface area contributed by atoms with Gasteiger partial charge in [-0.1, -0.05) is 54.6 Å². The van der Waals surface area contributed by atoms with Crippen LogP contribution in [-0.4, -0.2) is 27.2 Å². The van der Waals surface area contributed by atoms with E-state index in [1.54, 1.807) is 0 Å². The predicted octanol–water partition coefficient (Wildman–Crippen LogP) is 4.71. The SMILES string of the molecule is C=O.C=O.C=O.C=O.[Ru].c1ccc(OP(Oc2ccccc2)Oc2ccccc2)cc1. The number of rotatable bonds is 6. The zero-order chi connectivity index (χ0) is 23.0. The van der Waals surface area contributed by atoms with Crippen molar-refractivity contribution in [3.05, 3.63) is 91.0 Å². The van der Waals surface area contributed by atoms with Crippen LogP contribution in [0.1, 0.15) is 0 Å². The topological polar surface area (TPSA) is 96.0 Å². The van der Waals surface area contributed by atoms with Crippen molar-refractivity contribution < 1.29 is 52.2 Å². The average Bonchev–Trinajstić information content (AvgIpc) is 2.86. The Balaban J connectivity index is -0.000000785. The van der Waals surface area contributed by atoms with Gasteiger partial charge in [-0.15, -0.1) is 0 Å². The van der Waals surface area contributed by atoms with E-state index in [4.69, 9.17) is 32.7 Å². The van der Waals surface area contributed by atoms with E-state index < -0.39 is 8.60 Å². The number of benzene rings is 3. The molecule has 0 aromatic heterocycles. The Morgan fingerprint density at radius 3 is 0.806 bits per heavy atom. The van der Waals surface area contributed by atoms with Crippen molar-refractivity contribution in [2.45, 2.75) is 0 Å². The van der Waals surface area contributed by atoms with Crippen LogP contribution in [0.2, 0.25) is 0 Å². The Kier molecular flexibility index (Phi) is 26.0. The van der Waals surface area contributed by atoms with Crippen LogP contribution in [0.25, 0.3) is 0 Å². The maximum Gasteiger partial charge on any atom is 0.530 e. The molecule has 0 amide bonds. The molecule has 0 atom stereocenters. The molecule has 7 nitrogen and oxygen atoms in total. The maximum atomic E-state index is 8.00. The number of hydrogen-bond acceptors (Lipinski definition) is 7. The van der Waals surface area contributed by atoms with E-state index in [2.05, 4.69) is 0 Å². The molecule has 0 aliphatic rings. The normalized spacial score (nSPS) is 7.77. The minimum Gasteiger partial charge on any atom is -0.409 e. The largest absolute Gasteiger partial charge is 0.530 e. The zero-order valence-electron chi connectivity index (χ0n) is 16.6. The molecule has 3 rings (SSSR count). The number of para-hydroxylation sites is 3. The van der Waals surface area contributed by atoms with Gasteiger partial charge >= 0.3 is 8.60 Å². The first-order valence-corrected chi connectivity index (χ1v) is 9.14. The molecule has 9 heteroatoms. The molecule has 166 valence electrons. The molecule has 3 aromatic rings. The molecular formula is C22H23O7PRu. The third kappa shape index (κ3) is 15.3. The van der Waals surface area contributed by atoms with Gasteiger partial charge in [0.15, 0.2) is 0 Å². The van der Waals surface area contributed by atoms with Gasteiger partial charge in [-0.3, -0.25) is 0 Å². The van der Waals surface area contributed by atoms with E-state index in [0.29, 0.717) is 17.2 Å². The molecule has 0 heterocycles. The fourth-order valence-corrected chi connectivity index (χ4v) is 2.75. The van der Waals surface area contributed by atoms with E-state index in [1.807, 2.05) is 118 Å². The standard InChI is InChI=1S/C18H15O3P.4CH2O.Ru/c1-4-10-16(11-5-1)19-22(20-17-12-6-2-7-13-17)21-18-14-8-3-9-15-18;4*1-2;/h1-15H;4*1H2;. The fourth-order valence-electron chi connectivity index (χ4n) is 1.76. The van der Waals surface area contributed by atoms with Crippen molar-refractivity contribution in [2.75, 3.05) is 0 Å². The van der Waals surface area contributed by atoms with Crippen LogP contribution in [0, 0.1) is 0 Å². The molecule has 0 saturated carbocycles. The predicted molar refractivity (Wildman–Crippen MR) is 117 cm³/mol. The number of carbonyl (C=O) groups excluding carboxylic acids is 4. The van der Waals surface area contributed by atoms with Crippen molar-refractivity contribution in [3.8, 4) is 17.2 Å². The van der Waals surface area contributed by atoms with Crippen LogP contribution >= 0.6 is 8.60 Å². The van der Waals surface area contributed by atoms with Crippen LogP contribution in [-0.2, 0) is 38.7 Å². The van der Waals surface area contributed by atoms with E-state index in [-0.39, 0.29) is 19.5 Å². The molecule has 0 radical (unpaired) electrons. The summed E-state index contributed by atoms with van der Waals surface area (Å²) in [6.07, 6.45) is 0. The van der Waals surface area contributed by atoms with Crippen molar-refractivity contribution in [2.24, 2.45) is 0 Å². The summed E-state index contributed by atoms with van der Waals surface area (Å²) in [7, 11) is -1.59. The van der Waals surface area contributed by atoms with Crippen molar-refractivity contribution in [3.63, 3.8) is 0 Å². The second kappa shape index (κ2) is 24.8. The molecule has 0 fully saturated rings. The first-order valence-electron chi connectivity index (χ1n) is 8.05. The minimum atomic E-state index is -1.59. The summed E-state index contributed by atoms with van der Waals surface area (Å²) in [5, 5.41) is 0. The monoisotopic (exact) mass is 532 g/mol. The molecular weight excluding hydrogens is 508 g/mol. The van der Waals surface area contributed by atoms with Gasteiger partial charge in [0.25, 0.3) is 0 Å². The number of hydrogen-bond donors (Lipinski definition) is 0. The van der Waals surface area contributed by atoms with Crippen molar-refractivity contribution in [1.82, 2.24) is 0 Å². The molecule has 31 heavy (non-hydrogen) atoms. The van der Waals surface area contributed by atoms with E-state index in [0.717, 1.165) is 0 Å². The summed E-state index contributed by atoms with van der Waals surface area (Å²) in [4.78, 5) is 32.0. The smallest absolute Gasteiger partial charge is 0.409 e. The molecule has 0 N–H and O–H groups in total. The maximum absolute atomic E-state index is 8.00. The Morgan fingerprint density at radius 2 is 0.613 bits per heavy atom. The molecule has 0 aliphatic heterocycles. The Hall–Kier alpha value is -3.21. The van der Waals surface area contributed by atoms with Gasteiger partial charge in [0, 0.05) is 19.5 Å². The van der Waals surface area contributed by atoms with Gasteiger partial charge < -0.3 is 32.7 Å². The van der Waals surface area contributed by atoms with E-state index in [1.165, 1.54) is 0 Å². The van der Waals surface area contributed by atoms with E-state index >= 15 is 0 Å². The summed E-state index contributed by atoms with van der Waals surface area (Å²) in [6, 6.07) is 28.5. The van der Waals surface area contributed by atoms with Crippen LogP contribution in [0.3, 0.4) is 0 Å². The summed E-state index contributed by atoms with van der Waals surface area (Å²) in [5.74, 6) is 2.13.